The molecule has 0 atom stereocenters. The molecular formula is C27H31NO3. The quantitative estimate of drug-likeness (QED) is 0.341. The molecule has 0 aliphatic rings. The Morgan fingerprint density at radius 1 is 0.806 bits per heavy atom. The number of unbranched alkanes of at least 4 members (excludes halogenated alkanes) is 2. The lowest BCUT2D eigenvalue weighted by Crippen LogP contribution is -2.14. The number of hydrogen-bond acceptors (Lipinski definition) is 3. The summed E-state index contributed by atoms with van der Waals surface area (Å²) in [7, 11) is 0. The van der Waals surface area contributed by atoms with Crippen LogP contribution in [0.4, 0.5) is 5.69 Å². The molecule has 0 saturated heterocycles. The maximum absolute atomic E-state index is 12.8. The van der Waals surface area contributed by atoms with Crippen LogP contribution in [-0.2, 0) is 6.42 Å². The van der Waals surface area contributed by atoms with Gasteiger partial charge in [0.15, 0.2) is 0 Å². The molecule has 0 aliphatic carbocycles. The Bertz CT molecular complexity index is 940. The van der Waals surface area contributed by atoms with Crippen LogP contribution in [0.1, 0.15) is 48.5 Å². The first-order chi connectivity index (χ1) is 15.3. The minimum Gasteiger partial charge on any atom is -0.494 e. The molecule has 4 nitrogen and oxygen atoms in total. The third kappa shape index (κ3) is 7.49. The van der Waals surface area contributed by atoms with Crippen LogP contribution in [0, 0.1) is 0 Å². The number of benzene rings is 3. The topological polar surface area (TPSA) is 47.6 Å². The van der Waals surface area contributed by atoms with Gasteiger partial charge < -0.3 is 14.8 Å². The maximum atomic E-state index is 12.8. The third-order valence-corrected chi connectivity index (χ3v) is 4.95. The minimum atomic E-state index is -0.188. The molecule has 1 amide bonds. The molecule has 0 fully saturated rings. The predicted molar refractivity (Wildman–Crippen MR) is 126 cm³/mol. The van der Waals surface area contributed by atoms with Gasteiger partial charge in [-0.15, -0.1) is 0 Å². The lowest BCUT2D eigenvalue weighted by Gasteiger charge is -2.12. The second-order valence-electron chi connectivity index (χ2n) is 7.47. The molecular weight excluding hydrogens is 386 g/mol. The molecule has 0 aliphatic heterocycles. The molecule has 4 heteroatoms. The minimum absolute atomic E-state index is 0.188. The Morgan fingerprint density at radius 3 is 2.42 bits per heavy atom. The van der Waals surface area contributed by atoms with E-state index in [0.29, 0.717) is 30.2 Å². The highest BCUT2D eigenvalue weighted by molar-refractivity contribution is 6.06. The summed E-state index contributed by atoms with van der Waals surface area (Å²) in [6, 6.07) is 25.2. The van der Waals surface area contributed by atoms with Crippen molar-refractivity contribution in [2.75, 3.05) is 18.5 Å². The number of amides is 1. The first kappa shape index (κ1) is 22.4. The highest BCUT2D eigenvalue weighted by atomic mass is 16.5. The summed E-state index contributed by atoms with van der Waals surface area (Å²) >= 11 is 0. The number of aryl methyl sites for hydroxylation is 1. The number of carbonyl (C=O) groups is 1. The highest BCUT2D eigenvalue weighted by Gasteiger charge is 2.12. The fourth-order valence-corrected chi connectivity index (χ4v) is 3.29. The molecule has 3 rings (SSSR count). The fraction of sp³-hybridized carbons (Fsp3) is 0.296. The van der Waals surface area contributed by atoms with Gasteiger partial charge in [0.05, 0.1) is 18.8 Å². The van der Waals surface area contributed by atoms with E-state index in [-0.39, 0.29) is 5.91 Å². The van der Waals surface area contributed by atoms with Crippen molar-refractivity contribution < 1.29 is 14.3 Å². The number of ether oxygens (including phenoxy) is 2. The zero-order valence-corrected chi connectivity index (χ0v) is 18.2. The van der Waals surface area contributed by atoms with E-state index in [9.17, 15) is 4.79 Å². The van der Waals surface area contributed by atoms with Crippen molar-refractivity contribution in [3.05, 3.63) is 90.0 Å². The van der Waals surface area contributed by atoms with Crippen molar-refractivity contribution in [2.24, 2.45) is 0 Å². The van der Waals surface area contributed by atoms with Crippen molar-refractivity contribution in [1.82, 2.24) is 0 Å². The number of hydrogen-bond donors (Lipinski definition) is 1. The molecule has 0 heterocycles. The van der Waals surface area contributed by atoms with E-state index in [1.54, 1.807) is 6.07 Å². The summed E-state index contributed by atoms with van der Waals surface area (Å²) in [4.78, 5) is 12.8. The molecule has 3 aromatic rings. The third-order valence-electron chi connectivity index (χ3n) is 4.95. The first-order valence-electron chi connectivity index (χ1n) is 11.1. The van der Waals surface area contributed by atoms with Crippen LogP contribution in [0.3, 0.4) is 0 Å². The monoisotopic (exact) mass is 417 g/mol. The SMILES string of the molecule is CCCCCOc1ccccc1C(=O)Nc1cccc(OCCCc2ccccc2)c1. The largest absolute Gasteiger partial charge is 0.494 e. The second kappa shape index (κ2) is 12.4. The summed E-state index contributed by atoms with van der Waals surface area (Å²) in [5, 5.41) is 2.96. The second-order valence-corrected chi connectivity index (χ2v) is 7.47. The summed E-state index contributed by atoms with van der Waals surface area (Å²) in [5.41, 5.74) is 2.54. The predicted octanol–water partition coefficient (Wildman–Crippen LogP) is 6.52. The Morgan fingerprint density at radius 2 is 1.58 bits per heavy atom. The Balaban J connectivity index is 1.52. The van der Waals surface area contributed by atoms with Crippen LogP contribution in [-0.4, -0.2) is 19.1 Å². The number of carbonyl (C=O) groups excluding carboxylic acids is 1. The van der Waals surface area contributed by atoms with Gasteiger partial charge in [-0.3, -0.25) is 4.79 Å². The van der Waals surface area contributed by atoms with Crippen molar-refractivity contribution >= 4 is 11.6 Å². The standard InChI is InChI=1S/C27H31NO3/c1-2-3-9-19-31-26-18-8-7-17-25(26)27(29)28-23-15-10-16-24(21-23)30-20-11-14-22-12-5-4-6-13-22/h4-8,10,12-13,15-18,21H,2-3,9,11,14,19-20H2,1H3,(H,28,29). The van der Waals surface area contributed by atoms with Gasteiger partial charge in [0, 0.05) is 11.8 Å². The summed E-state index contributed by atoms with van der Waals surface area (Å²) in [5.74, 6) is 1.17. The van der Waals surface area contributed by atoms with Crippen LogP contribution in [0.2, 0.25) is 0 Å². The lowest BCUT2D eigenvalue weighted by atomic mass is 10.1. The fourth-order valence-electron chi connectivity index (χ4n) is 3.29. The van der Waals surface area contributed by atoms with E-state index in [2.05, 4.69) is 36.5 Å². The van der Waals surface area contributed by atoms with Gasteiger partial charge in [0.2, 0.25) is 0 Å². The molecule has 1 N–H and O–H groups in total. The summed E-state index contributed by atoms with van der Waals surface area (Å²) in [6.07, 6.45) is 5.15. The van der Waals surface area contributed by atoms with Gasteiger partial charge in [-0.25, -0.2) is 0 Å². The Kier molecular flexibility index (Phi) is 8.99. The van der Waals surface area contributed by atoms with E-state index in [1.165, 1.54) is 5.56 Å². The zero-order valence-electron chi connectivity index (χ0n) is 18.2. The molecule has 0 unspecified atom stereocenters. The molecule has 3 aromatic carbocycles. The smallest absolute Gasteiger partial charge is 0.259 e. The Hall–Kier alpha value is -3.27. The summed E-state index contributed by atoms with van der Waals surface area (Å²) in [6.45, 7) is 3.40. The van der Waals surface area contributed by atoms with E-state index < -0.39 is 0 Å². The van der Waals surface area contributed by atoms with Crippen molar-refractivity contribution in [3.63, 3.8) is 0 Å². The van der Waals surface area contributed by atoms with Crippen LogP contribution in [0.15, 0.2) is 78.9 Å². The number of rotatable bonds is 12. The number of para-hydroxylation sites is 1. The molecule has 0 saturated carbocycles. The van der Waals surface area contributed by atoms with Gasteiger partial charge >= 0.3 is 0 Å². The molecule has 0 bridgehead atoms. The number of nitrogens with one attached hydrogen (secondary N) is 1. The average Bonchev–Trinajstić information content (AvgIpc) is 2.81. The average molecular weight is 418 g/mol. The van der Waals surface area contributed by atoms with Gasteiger partial charge in [-0.05, 0) is 49.1 Å². The first-order valence-corrected chi connectivity index (χ1v) is 11.1. The van der Waals surface area contributed by atoms with Gasteiger partial charge in [0.25, 0.3) is 5.91 Å². The maximum Gasteiger partial charge on any atom is 0.259 e. The molecule has 0 aromatic heterocycles. The van der Waals surface area contributed by atoms with Crippen LogP contribution >= 0.6 is 0 Å². The normalized spacial score (nSPS) is 10.5. The van der Waals surface area contributed by atoms with Gasteiger partial charge in [-0.2, -0.15) is 0 Å². The van der Waals surface area contributed by atoms with Gasteiger partial charge in [-0.1, -0.05) is 68.3 Å². The van der Waals surface area contributed by atoms with Crippen molar-refractivity contribution in [3.8, 4) is 11.5 Å². The van der Waals surface area contributed by atoms with Crippen LogP contribution < -0.4 is 14.8 Å². The van der Waals surface area contributed by atoms with E-state index in [4.69, 9.17) is 9.47 Å². The Labute approximate surface area is 185 Å². The van der Waals surface area contributed by atoms with E-state index >= 15 is 0 Å². The van der Waals surface area contributed by atoms with E-state index in [0.717, 1.165) is 37.9 Å². The molecule has 162 valence electrons. The molecule has 0 radical (unpaired) electrons. The molecule has 31 heavy (non-hydrogen) atoms. The number of anilines is 1. The van der Waals surface area contributed by atoms with Crippen molar-refractivity contribution in [2.45, 2.75) is 39.0 Å². The van der Waals surface area contributed by atoms with Crippen molar-refractivity contribution in [1.29, 1.82) is 0 Å². The summed E-state index contributed by atoms with van der Waals surface area (Å²) < 4.78 is 11.7. The molecule has 0 spiro atoms. The van der Waals surface area contributed by atoms with Crippen LogP contribution in [0.5, 0.6) is 11.5 Å². The highest BCUT2D eigenvalue weighted by Crippen LogP contribution is 2.22. The van der Waals surface area contributed by atoms with Crippen LogP contribution in [0.25, 0.3) is 0 Å². The van der Waals surface area contributed by atoms with Gasteiger partial charge in [0.1, 0.15) is 11.5 Å². The zero-order chi connectivity index (χ0) is 21.7. The lowest BCUT2D eigenvalue weighted by molar-refractivity contribution is 0.102. The van der Waals surface area contributed by atoms with E-state index in [1.807, 2.05) is 48.5 Å².